The molecule has 164 valence electrons. The fourth-order valence-corrected chi connectivity index (χ4v) is 2.87. The third-order valence-electron chi connectivity index (χ3n) is 3.79. The van der Waals surface area contributed by atoms with E-state index in [1.54, 1.807) is 45.0 Å². The highest BCUT2D eigenvalue weighted by Crippen LogP contribution is 2.17. The molecule has 8 heteroatoms. The number of ether oxygens (including phenoxy) is 1. The number of carbonyl (C=O) groups is 3. The highest BCUT2D eigenvalue weighted by molar-refractivity contribution is 9.10. The van der Waals surface area contributed by atoms with Crippen LogP contribution in [0.15, 0.2) is 59.1 Å². The number of anilines is 1. The van der Waals surface area contributed by atoms with Gasteiger partial charge in [-0.2, -0.15) is 0 Å². The van der Waals surface area contributed by atoms with E-state index in [1.165, 1.54) is 6.08 Å². The van der Waals surface area contributed by atoms with Crippen LogP contribution in [0.1, 0.15) is 31.9 Å². The van der Waals surface area contributed by atoms with Gasteiger partial charge in [-0.1, -0.05) is 46.3 Å². The number of amides is 3. The topological polar surface area (TPSA) is 96.5 Å². The molecule has 3 amide bonds. The molecule has 7 nitrogen and oxygen atoms in total. The monoisotopic (exact) mass is 487 g/mol. The van der Waals surface area contributed by atoms with E-state index in [0.717, 1.165) is 15.6 Å². The molecule has 0 atom stereocenters. The van der Waals surface area contributed by atoms with E-state index in [2.05, 4.69) is 31.9 Å². The molecule has 31 heavy (non-hydrogen) atoms. The molecule has 0 aromatic heterocycles. The maximum Gasteiger partial charge on any atom is 0.408 e. The molecule has 0 aliphatic carbocycles. The highest BCUT2D eigenvalue weighted by atomic mass is 79.9. The van der Waals surface area contributed by atoms with Gasteiger partial charge in [0.25, 0.3) is 0 Å². The van der Waals surface area contributed by atoms with Crippen LogP contribution in [0.4, 0.5) is 10.5 Å². The zero-order valence-electron chi connectivity index (χ0n) is 17.7. The standard InChI is InChI=1S/C23H26BrN3O4/c1-23(2,3)31-22(30)26-15-21(29)27-18-9-6-7-16(13-18)14-25-20(28)12-11-17-8-4-5-10-19(17)24/h4-13H,14-15H2,1-3H3,(H,25,28)(H,26,30)(H,27,29)/b12-11+. The van der Waals surface area contributed by atoms with Gasteiger partial charge in [0.1, 0.15) is 12.1 Å². The van der Waals surface area contributed by atoms with Crippen molar-refractivity contribution in [2.75, 3.05) is 11.9 Å². The Bertz CT molecular complexity index is 967. The molecule has 2 aromatic carbocycles. The molecule has 0 fully saturated rings. The first-order valence-corrected chi connectivity index (χ1v) is 10.5. The van der Waals surface area contributed by atoms with Crippen molar-refractivity contribution in [3.8, 4) is 0 Å². The second-order valence-corrected chi connectivity index (χ2v) is 8.53. The molecule has 2 aromatic rings. The predicted octanol–water partition coefficient (Wildman–Crippen LogP) is 4.24. The highest BCUT2D eigenvalue weighted by Gasteiger charge is 2.16. The van der Waals surface area contributed by atoms with Gasteiger partial charge in [-0.15, -0.1) is 0 Å². The normalized spacial score (nSPS) is 11.1. The molecule has 0 heterocycles. The van der Waals surface area contributed by atoms with Crippen molar-refractivity contribution in [2.45, 2.75) is 32.9 Å². The average Bonchev–Trinajstić information content (AvgIpc) is 2.69. The van der Waals surface area contributed by atoms with Gasteiger partial charge in [-0.25, -0.2) is 4.79 Å². The van der Waals surface area contributed by atoms with Gasteiger partial charge in [0.15, 0.2) is 0 Å². The van der Waals surface area contributed by atoms with Crippen molar-refractivity contribution in [3.63, 3.8) is 0 Å². The Hall–Kier alpha value is -3.13. The second kappa shape index (κ2) is 11.3. The number of carbonyl (C=O) groups excluding carboxylic acids is 3. The number of benzene rings is 2. The zero-order chi connectivity index (χ0) is 22.9. The molecule has 0 radical (unpaired) electrons. The number of hydrogen-bond acceptors (Lipinski definition) is 4. The Labute approximate surface area is 190 Å². The quantitative estimate of drug-likeness (QED) is 0.508. The Morgan fingerprint density at radius 2 is 1.77 bits per heavy atom. The van der Waals surface area contributed by atoms with Crippen molar-refractivity contribution in [2.24, 2.45) is 0 Å². The molecule has 0 saturated carbocycles. The second-order valence-electron chi connectivity index (χ2n) is 7.68. The minimum Gasteiger partial charge on any atom is -0.444 e. The van der Waals surface area contributed by atoms with Gasteiger partial charge in [-0.3, -0.25) is 9.59 Å². The molecule has 3 N–H and O–H groups in total. The summed E-state index contributed by atoms with van der Waals surface area (Å²) >= 11 is 3.43. The van der Waals surface area contributed by atoms with Crippen LogP contribution >= 0.6 is 15.9 Å². The van der Waals surface area contributed by atoms with Crippen molar-refractivity contribution in [3.05, 3.63) is 70.2 Å². The van der Waals surface area contributed by atoms with E-state index in [9.17, 15) is 14.4 Å². The first kappa shape index (κ1) is 24.1. The molecular formula is C23H26BrN3O4. The van der Waals surface area contributed by atoms with Crippen LogP contribution < -0.4 is 16.0 Å². The fraction of sp³-hybridized carbons (Fsp3) is 0.261. The van der Waals surface area contributed by atoms with Crippen molar-refractivity contribution in [1.29, 1.82) is 0 Å². The summed E-state index contributed by atoms with van der Waals surface area (Å²) in [6.45, 7) is 5.32. The van der Waals surface area contributed by atoms with E-state index >= 15 is 0 Å². The van der Waals surface area contributed by atoms with Crippen molar-refractivity contribution >= 4 is 45.6 Å². The van der Waals surface area contributed by atoms with Crippen LogP contribution in [0.2, 0.25) is 0 Å². The first-order valence-electron chi connectivity index (χ1n) is 9.68. The largest absolute Gasteiger partial charge is 0.444 e. The lowest BCUT2D eigenvalue weighted by Crippen LogP contribution is -2.37. The molecule has 0 spiro atoms. The summed E-state index contributed by atoms with van der Waals surface area (Å²) in [6.07, 6.45) is 2.54. The lowest BCUT2D eigenvalue weighted by molar-refractivity contribution is -0.117. The Kier molecular flexibility index (Phi) is 8.81. The minimum absolute atomic E-state index is 0.213. The minimum atomic E-state index is -0.658. The van der Waals surface area contributed by atoms with E-state index < -0.39 is 11.7 Å². The number of rotatable bonds is 7. The molecule has 2 rings (SSSR count). The van der Waals surface area contributed by atoms with Crippen LogP contribution in [0, 0.1) is 0 Å². The van der Waals surface area contributed by atoms with Gasteiger partial charge < -0.3 is 20.7 Å². The lowest BCUT2D eigenvalue weighted by Gasteiger charge is -2.19. The molecule has 0 aliphatic rings. The van der Waals surface area contributed by atoms with E-state index in [-0.39, 0.29) is 18.4 Å². The van der Waals surface area contributed by atoms with Crippen LogP contribution in [0.25, 0.3) is 6.08 Å². The summed E-state index contributed by atoms with van der Waals surface area (Å²) in [6, 6.07) is 14.7. The summed E-state index contributed by atoms with van der Waals surface area (Å²) in [5.74, 6) is -0.616. The SMILES string of the molecule is CC(C)(C)OC(=O)NCC(=O)Nc1cccc(CNC(=O)/C=C/c2ccccc2Br)c1. The van der Waals surface area contributed by atoms with E-state index in [1.807, 2.05) is 30.3 Å². The Morgan fingerprint density at radius 3 is 2.48 bits per heavy atom. The Balaban J connectivity index is 1.82. The first-order chi connectivity index (χ1) is 14.6. The summed E-state index contributed by atoms with van der Waals surface area (Å²) in [7, 11) is 0. The van der Waals surface area contributed by atoms with Gasteiger partial charge in [0, 0.05) is 22.8 Å². The van der Waals surface area contributed by atoms with Gasteiger partial charge in [0.05, 0.1) is 0 Å². The summed E-state index contributed by atoms with van der Waals surface area (Å²) < 4.78 is 5.99. The lowest BCUT2D eigenvalue weighted by atomic mass is 10.2. The third kappa shape index (κ3) is 9.48. The summed E-state index contributed by atoms with van der Waals surface area (Å²) in [5, 5.41) is 7.91. The van der Waals surface area contributed by atoms with Gasteiger partial charge in [0.2, 0.25) is 11.8 Å². The number of nitrogens with one attached hydrogen (secondary N) is 3. The molecule has 0 aliphatic heterocycles. The van der Waals surface area contributed by atoms with Crippen LogP contribution in [-0.4, -0.2) is 30.1 Å². The average molecular weight is 488 g/mol. The Morgan fingerprint density at radius 1 is 1.03 bits per heavy atom. The maximum absolute atomic E-state index is 12.1. The molecular weight excluding hydrogens is 462 g/mol. The predicted molar refractivity (Wildman–Crippen MR) is 124 cm³/mol. The fourth-order valence-electron chi connectivity index (χ4n) is 2.45. The van der Waals surface area contributed by atoms with Crippen molar-refractivity contribution in [1.82, 2.24) is 10.6 Å². The van der Waals surface area contributed by atoms with E-state index in [0.29, 0.717) is 12.2 Å². The van der Waals surface area contributed by atoms with Gasteiger partial charge in [-0.05, 0) is 56.2 Å². The molecule has 0 saturated heterocycles. The number of hydrogen-bond donors (Lipinski definition) is 3. The summed E-state index contributed by atoms with van der Waals surface area (Å²) in [5.41, 5.74) is 1.65. The smallest absolute Gasteiger partial charge is 0.408 e. The zero-order valence-corrected chi connectivity index (χ0v) is 19.3. The van der Waals surface area contributed by atoms with Gasteiger partial charge >= 0.3 is 6.09 Å². The van der Waals surface area contributed by atoms with Crippen molar-refractivity contribution < 1.29 is 19.1 Å². The summed E-state index contributed by atoms with van der Waals surface area (Å²) in [4.78, 5) is 35.7. The van der Waals surface area contributed by atoms with E-state index in [4.69, 9.17) is 4.74 Å². The number of halogens is 1. The third-order valence-corrected chi connectivity index (χ3v) is 4.51. The van der Waals surface area contributed by atoms with Crippen LogP contribution in [0.3, 0.4) is 0 Å². The number of alkyl carbamates (subject to hydrolysis) is 1. The molecule has 0 bridgehead atoms. The molecule has 0 unspecified atom stereocenters. The van der Waals surface area contributed by atoms with Crippen LogP contribution in [-0.2, 0) is 20.9 Å². The van der Waals surface area contributed by atoms with Crippen LogP contribution in [0.5, 0.6) is 0 Å². The maximum atomic E-state index is 12.1.